The highest BCUT2D eigenvalue weighted by atomic mass is 16.7. The topological polar surface area (TPSA) is 111 Å². The molecule has 0 heterocycles. The molecule has 0 saturated carbocycles. The standard InChI is InChI=1S/C50H81NO8/c1-6-8-10-12-14-16-18-20-22-23-24-25-27-29-31-33-35-37-39-41-48(53)59-46(45-58-50(49(54)55)56-43-42-51(3,4)5)44-57-47(52)40-38-36-34-32-30-28-26-21-19-17-15-13-11-9-7-2/h8-11,14-17,20-22,24-26,30,32,46,50H,6-7,12-13,18-19,23,27-29,31,33-45H2,1-5H3/b10-8-,11-9-,16-14-,17-15-,22-20-,25-24-,26-21-,32-30-. The third-order valence-corrected chi connectivity index (χ3v) is 8.83. The van der Waals surface area contributed by atoms with Crippen molar-refractivity contribution in [3.63, 3.8) is 0 Å². The smallest absolute Gasteiger partial charge is 0.306 e. The summed E-state index contributed by atoms with van der Waals surface area (Å²) >= 11 is 0. The summed E-state index contributed by atoms with van der Waals surface area (Å²) < 4.78 is 22.5. The highest BCUT2D eigenvalue weighted by Gasteiger charge is 2.21. The highest BCUT2D eigenvalue weighted by Crippen LogP contribution is 2.12. The van der Waals surface area contributed by atoms with Gasteiger partial charge in [-0.05, 0) is 89.9 Å². The van der Waals surface area contributed by atoms with E-state index < -0.39 is 30.3 Å². The molecule has 0 aromatic rings. The van der Waals surface area contributed by atoms with Crippen molar-refractivity contribution in [2.24, 2.45) is 0 Å². The van der Waals surface area contributed by atoms with Crippen molar-refractivity contribution in [1.82, 2.24) is 0 Å². The summed E-state index contributed by atoms with van der Waals surface area (Å²) in [6, 6.07) is 0. The summed E-state index contributed by atoms with van der Waals surface area (Å²) in [5.74, 6) is -2.38. The second kappa shape index (κ2) is 41.0. The van der Waals surface area contributed by atoms with Crippen LogP contribution in [0.3, 0.4) is 0 Å². The number of nitrogens with zero attached hydrogens (tertiary/aromatic N) is 1. The number of rotatable bonds is 39. The van der Waals surface area contributed by atoms with Crippen LogP contribution in [0, 0.1) is 0 Å². The van der Waals surface area contributed by atoms with E-state index in [0.717, 1.165) is 103 Å². The maximum Gasteiger partial charge on any atom is 0.306 e. The van der Waals surface area contributed by atoms with Crippen molar-refractivity contribution in [2.45, 2.75) is 155 Å². The zero-order valence-electron chi connectivity index (χ0n) is 37.6. The molecule has 0 radical (unpaired) electrons. The van der Waals surface area contributed by atoms with Crippen molar-refractivity contribution in [2.75, 3.05) is 47.5 Å². The quantitative estimate of drug-likeness (QED) is 0.0198. The number of ether oxygens (including phenoxy) is 4. The number of carboxylic acids is 1. The summed E-state index contributed by atoms with van der Waals surface area (Å²) in [5.41, 5.74) is 0. The molecule has 0 amide bonds. The Kier molecular flexibility index (Phi) is 38.3. The van der Waals surface area contributed by atoms with Crippen LogP contribution in [-0.2, 0) is 33.3 Å². The average Bonchev–Trinajstić information content (AvgIpc) is 3.19. The van der Waals surface area contributed by atoms with Crippen LogP contribution in [0.5, 0.6) is 0 Å². The lowest BCUT2D eigenvalue weighted by Crippen LogP contribution is -2.44. The van der Waals surface area contributed by atoms with Gasteiger partial charge in [0.1, 0.15) is 13.2 Å². The number of allylic oxidation sites excluding steroid dienone is 16. The summed E-state index contributed by atoms with van der Waals surface area (Å²) in [7, 11) is 5.88. The minimum Gasteiger partial charge on any atom is -0.545 e. The lowest BCUT2D eigenvalue weighted by molar-refractivity contribution is -0.870. The molecule has 9 heteroatoms. The summed E-state index contributed by atoms with van der Waals surface area (Å²) in [6.07, 6.45) is 50.1. The number of quaternary nitrogens is 1. The van der Waals surface area contributed by atoms with Crippen molar-refractivity contribution < 1.29 is 42.9 Å². The maximum absolute atomic E-state index is 12.8. The van der Waals surface area contributed by atoms with E-state index in [2.05, 4.69) is 111 Å². The van der Waals surface area contributed by atoms with Gasteiger partial charge in [0, 0.05) is 12.8 Å². The maximum atomic E-state index is 12.8. The Hall–Kier alpha value is -3.79. The molecule has 0 rings (SSSR count). The fraction of sp³-hybridized carbons (Fsp3) is 0.620. The number of carbonyl (C=O) groups is 3. The van der Waals surface area contributed by atoms with Gasteiger partial charge in [0.2, 0.25) is 0 Å². The molecule has 0 saturated heterocycles. The molecule has 0 fully saturated rings. The summed E-state index contributed by atoms with van der Waals surface area (Å²) in [4.78, 5) is 37.0. The first-order valence-electron chi connectivity index (χ1n) is 22.4. The molecule has 2 atom stereocenters. The van der Waals surface area contributed by atoms with Crippen LogP contribution in [0.1, 0.15) is 142 Å². The van der Waals surface area contributed by atoms with Gasteiger partial charge in [0.25, 0.3) is 0 Å². The van der Waals surface area contributed by atoms with E-state index in [-0.39, 0.29) is 32.7 Å². The number of aliphatic carboxylic acids is 1. The first kappa shape index (κ1) is 55.2. The van der Waals surface area contributed by atoms with Crippen LogP contribution in [0.25, 0.3) is 0 Å². The molecule has 0 aliphatic carbocycles. The minimum atomic E-state index is -1.64. The van der Waals surface area contributed by atoms with Gasteiger partial charge < -0.3 is 33.3 Å². The first-order valence-corrected chi connectivity index (χ1v) is 22.4. The molecule has 59 heavy (non-hydrogen) atoms. The molecule has 0 aliphatic rings. The largest absolute Gasteiger partial charge is 0.545 e. The number of hydrogen-bond acceptors (Lipinski definition) is 8. The SMILES string of the molecule is CC/C=C\C/C=C\C/C=C\C/C=C\CCCCCCCCC(=O)OC(COC(=O)CCCC/C=C\C/C=C\C/C=C\C/C=C\CC)COC(OCC[N+](C)(C)C)C(=O)[O-]. The van der Waals surface area contributed by atoms with Gasteiger partial charge in [-0.15, -0.1) is 0 Å². The van der Waals surface area contributed by atoms with Gasteiger partial charge in [-0.25, -0.2) is 0 Å². The number of esters is 2. The second-order valence-electron chi connectivity index (χ2n) is 15.6. The Morgan fingerprint density at radius 1 is 0.508 bits per heavy atom. The number of hydrogen-bond donors (Lipinski definition) is 0. The Labute approximate surface area is 359 Å². The van der Waals surface area contributed by atoms with Gasteiger partial charge in [-0.2, -0.15) is 0 Å². The van der Waals surface area contributed by atoms with E-state index in [1.165, 1.54) is 0 Å². The Morgan fingerprint density at radius 2 is 0.915 bits per heavy atom. The molecular formula is C50H81NO8. The van der Waals surface area contributed by atoms with Crippen LogP contribution in [0.15, 0.2) is 97.2 Å². The molecular weight excluding hydrogens is 743 g/mol. The third-order valence-electron chi connectivity index (χ3n) is 8.83. The van der Waals surface area contributed by atoms with E-state index in [0.29, 0.717) is 23.9 Å². The molecule has 0 aliphatic heterocycles. The van der Waals surface area contributed by atoms with E-state index in [4.69, 9.17) is 18.9 Å². The molecule has 0 aromatic heterocycles. The van der Waals surface area contributed by atoms with E-state index >= 15 is 0 Å². The Bertz CT molecular complexity index is 1280. The van der Waals surface area contributed by atoms with E-state index in [1.54, 1.807) is 0 Å². The monoisotopic (exact) mass is 824 g/mol. The molecule has 0 aromatic carbocycles. The number of carbonyl (C=O) groups excluding carboxylic acids is 3. The lowest BCUT2D eigenvalue weighted by Gasteiger charge is -2.26. The molecule has 334 valence electrons. The lowest BCUT2D eigenvalue weighted by atomic mass is 10.1. The molecule has 9 nitrogen and oxygen atoms in total. The average molecular weight is 824 g/mol. The predicted molar refractivity (Wildman–Crippen MR) is 241 cm³/mol. The van der Waals surface area contributed by atoms with Crippen molar-refractivity contribution in [1.29, 1.82) is 0 Å². The number of unbranched alkanes of at least 4 members (excludes halogenated alkanes) is 8. The third kappa shape index (κ3) is 42.1. The van der Waals surface area contributed by atoms with Crippen molar-refractivity contribution in [3.8, 4) is 0 Å². The van der Waals surface area contributed by atoms with Crippen LogP contribution in [0.4, 0.5) is 0 Å². The first-order chi connectivity index (χ1) is 28.6. The zero-order valence-corrected chi connectivity index (χ0v) is 37.6. The van der Waals surface area contributed by atoms with Crippen LogP contribution in [-0.4, -0.2) is 82.3 Å². The fourth-order valence-corrected chi connectivity index (χ4v) is 5.40. The highest BCUT2D eigenvalue weighted by molar-refractivity contribution is 5.70. The second-order valence-corrected chi connectivity index (χ2v) is 15.6. The fourth-order valence-electron chi connectivity index (χ4n) is 5.40. The summed E-state index contributed by atoms with van der Waals surface area (Å²) in [6.45, 7) is 4.41. The molecule has 0 bridgehead atoms. The van der Waals surface area contributed by atoms with Gasteiger partial charge in [-0.3, -0.25) is 9.59 Å². The van der Waals surface area contributed by atoms with Gasteiger partial charge in [-0.1, -0.05) is 137 Å². The van der Waals surface area contributed by atoms with Crippen LogP contribution < -0.4 is 5.11 Å². The van der Waals surface area contributed by atoms with Crippen molar-refractivity contribution in [3.05, 3.63) is 97.2 Å². The Morgan fingerprint density at radius 3 is 1.39 bits per heavy atom. The molecule has 2 unspecified atom stereocenters. The van der Waals surface area contributed by atoms with E-state index in [9.17, 15) is 19.5 Å². The number of likely N-dealkylation sites (N-methyl/N-ethyl adjacent to an activating group) is 1. The Balaban J connectivity index is 4.55. The summed E-state index contributed by atoms with van der Waals surface area (Å²) in [5, 5.41) is 11.7. The molecule has 0 spiro atoms. The van der Waals surface area contributed by atoms with Gasteiger partial charge >= 0.3 is 11.9 Å². The minimum absolute atomic E-state index is 0.132. The van der Waals surface area contributed by atoms with Crippen LogP contribution in [0.2, 0.25) is 0 Å². The van der Waals surface area contributed by atoms with Gasteiger partial charge in [0.05, 0.1) is 40.3 Å². The zero-order chi connectivity index (χ0) is 43.5. The normalized spacial score (nSPS) is 13.8. The van der Waals surface area contributed by atoms with Crippen molar-refractivity contribution >= 4 is 17.9 Å². The van der Waals surface area contributed by atoms with Crippen LogP contribution >= 0.6 is 0 Å². The number of carboxylic acid groups (broad SMARTS) is 1. The van der Waals surface area contributed by atoms with Gasteiger partial charge in [0.15, 0.2) is 12.4 Å². The predicted octanol–water partition coefficient (Wildman–Crippen LogP) is 10.5. The molecule has 0 N–H and O–H groups in total. The van der Waals surface area contributed by atoms with E-state index in [1.807, 2.05) is 21.1 Å².